The van der Waals surface area contributed by atoms with E-state index in [-0.39, 0.29) is 18.5 Å². The van der Waals surface area contributed by atoms with E-state index in [0.29, 0.717) is 32.8 Å². The molecule has 2 amide bonds. The highest BCUT2D eigenvalue weighted by molar-refractivity contribution is 7.88. The number of rotatable bonds is 4. The maximum atomic E-state index is 11.9. The fraction of sp³-hybridized carbons (Fsp3) is 0.818. The Kier molecular flexibility index (Phi) is 5.75. The molecule has 0 N–H and O–H groups in total. The molecule has 1 fully saturated rings. The Balaban J connectivity index is 2.45. The summed E-state index contributed by atoms with van der Waals surface area (Å²) < 4.78 is 28.4. The van der Waals surface area contributed by atoms with Gasteiger partial charge in [-0.15, -0.1) is 0 Å². The van der Waals surface area contributed by atoms with Crippen molar-refractivity contribution in [2.75, 3.05) is 52.6 Å². The van der Waals surface area contributed by atoms with Crippen molar-refractivity contribution in [2.24, 2.45) is 0 Å². The summed E-state index contributed by atoms with van der Waals surface area (Å²) in [5.41, 5.74) is 0. The highest BCUT2D eigenvalue weighted by Crippen LogP contribution is 2.05. The molecular weight excluding hydrogens is 286 g/mol. The van der Waals surface area contributed by atoms with Crippen LogP contribution >= 0.6 is 0 Å². The molecule has 0 unspecified atom stereocenters. The molecule has 20 heavy (non-hydrogen) atoms. The van der Waals surface area contributed by atoms with E-state index in [4.69, 9.17) is 4.74 Å². The Morgan fingerprint density at radius 1 is 1.15 bits per heavy atom. The van der Waals surface area contributed by atoms with Gasteiger partial charge in [0.15, 0.2) is 0 Å². The van der Waals surface area contributed by atoms with Crippen LogP contribution in [0.5, 0.6) is 0 Å². The lowest BCUT2D eigenvalue weighted by atomic mass is 10.3. The second kappa shape index (κ2) is 6.89. The highest BCUT2D eigenvalue weighted by atomic mass is 32.2. The minimum Gasteiger partial charge on any atom is -0.450 e. The zero-order valence-electron chi connectivity index (χ0n) is 12.0. The van der Waals surface area contributed by atoms with Crippen LogP contribution in [-0.2, 0) is 19.6 Å². The topological polar surface area (TPSA) is 87.2 Å². The van der Waals surface area contributed by atoms with Gasteiger partial charge in [0.05, 0.1) is 19.4 Å². The van der Waals surface area contributed by atoms with Gasteiger partial charge in [-0.1, -0.05) is 0 Å². The number of sulfonamides is 1. The Hall–Kier alpha value is -1.35. The molecule has 1 rings (SSSR count). The number of hydrogen-bond donors (Lipinski definition) is 0. The second-order valence-corrected chi connectivity index (χ2v) is 6.68. The van der Waals surface area contributed by atoms with Crippen LogP contribution in [-0.4, -0.2) is 87.2 Å². The van der Waals surface area contributed by atoms with Gasteiger partial charge in [-0.05, 0) is 6.92 Å². The quantitative estimate of drug-likeness (QED) is 0.677. The first-order valence-electron chi connectivity index (χ1n) is 6.36. The highest BCUT2D eigenvalue weighted by Gasteiger charge is 2.26. The predicted molar refractivity (Wildman–Crippen MR) is 72.6 cm³/mol. The lowest BCUT2D eigenvalue weighted by Crippen LogP contribution is -2.52. The fourth-order valence-electron chi connectivity index (χ4n) is 1.76. The number of ether oxygens (including phenoxy) is 1. The van der Waals surface area contributed by atoms with Gasteiger partial charge in [-0.2, -0.15) is 4.31 Å². The molecule has 1 aliphatic rings. The largest absolute Gasteiger partial charge is 0.450 e. The Bertz CT molecular complexity index is 457. The molecule has 0 spiro atoms. The van der Waals surface area contributed by atoms with Gasteiger partial charge in [0.1, 0.15) is 0 Å². The van der Waals surface area contributed by atoms with Gasteiger partial charge in [0, 0.05) is 33.2 Å². The molecule has 0 aromatic carbocycles. The molecule has 0 aromatic heterocycles. The zero-order chi connectivity index (χ0) is 15.3. The van der Waals surface area contributed by atoms with Crippen molar-refractivity contribution < 1.29 is 22.7 Å². The Morgan fingerprint density at radius 3 is 2.10 bits per heavy atom. The van der Waals surface area contributed by atoms with E-state index in [9.17, 15) is 18.0 Å². The van der Waals surface area contributed by atoms with Gasteiger partial charge in [-0.3, -0.25) is 4.79 Å². The molecule has 0 bridgehead atoms. The van der Waals surface area contributed by atoms with Crippen molar-refractivity contribution in [1.82, 2.24) is 14.1 Å². The van der Waals surface area contributed by atoms with Crippen molar-refractivity contribution >= 4 is 22.0 Å². The molecule has 1 heterocycles. The zero-order valence-corrected chi connectivity index (χ0v) is 12.9. The number of likely N-dealkylation sites (N-methyl/N-ethyl adjacent to an activating group) is 1. The number of nitrogens with zero attached hydrogens (tertiary/aromatic N) is 3. The molecule has 8 nitrogen and oxygen atoms in total. The van der Waals surface area contributed by atoms with E-state index in [0.717, 1.165) is 10.6 Å². The van der Waals surface area contributed by atoms with Gasteiger partial charge in [0.25, 0.3) is 0 Å². The standard InChI is InChI=1S/C11H21N3O5S/c1-4-19-11(16)14-7-5-13(6-8-14)10(15)9-12(2)20(3,17)18/h4-9H2,1-3H3. The third-order valence-corrected chi connectivity index (χ3v) is 4.34. The molecule has 1 saturated heterocycles. The molecule has 9 heteroatoms. The first-order chi connectivity index (χ1) is 9.25. The van der Waals surface area contributed by atoms with Crippen LogP contribution < -0.4 is 0 Å². The lowest BCUT2D eigenvalue weighted by molar-refractivity contribution is -0.132. The molecular formula is C11H21N3O5S. The first-order valence-corrected chi connectivity index (χ1v) is 8.21. The normalized spacial score (nSPS) is 16.4. The average Bonchev–Trinajstić information content (AvgIpc) is 2.38. The van der Waals surface area contributed by atoms with E-state index in [1.54, 1.807) is 11.8 Å². The number of carbonyl (C=O) groups is 2. The van der Waals surface area contributed by atoms with Gasteiger partial charge >= 0.3 is 6.09 Å². The second-order valence-electron chi connectivity index (χ2n) is 4.59. The van der Waals surface area contributed by atoms with Gasteiger partial charge in [0.2, 0.25) is 15.9 Å². The van der Waals surface area contributed by atoms with Crippen LogP contribution in [0, 0.1) is 0 Å². The molecule has 0 aliphatic carbocycles. The summed E-state index contributed by atoms with van der Waals surface area (Å²) in [6.07, 6.45) is 0.673. The monoisotopic (exact) mass is 307 g/mol. The van der Waals surface area contributed by atoms with Crippen molar-refractivity contribution in [3.8, 4) is 0 Å². The van der Waals surface area contributed by atoms with Crippen molar-refractivity contribution in [3.63, 3.8) is 0 Å². The van der Waals surface area contributed by atoms with Crippen LogP contribution in [0.2, 0.25) is 0 Å². The van der Waals surface area contributed by atoms with Crippen LogP contribution in [0.1, 0.15) is 6.92 Å². The summed E-state index contributed by atoms with van der Waals surface area (Å²) in [6, 6.07) is 0. The van der Waals surface area contributed by atoms with Crippen LogP contribution in [0.4, 0.5) is 4.79 Å². The summed E-state index contributed by atoms with van der Waals surface area (Å²) in [7, 11) is -2.00. The molecule has 0 saturated carbocycles. The molecule has 0 radical (unpaired) electrons. The number of hydrogen-bond acceptors (Lipinski definition) is 5. The summed E-state index contributed by atoms with van der Waals surface area (Å²) >= 11 is 0. The van der Waals surface area contributed by atoms with Crippen molar-refractivity contribution in [2.45, 2.75) is 6.92 Å². The summed E-state index contributed by atoms with van der Waals surface area (Å²) in [5, 5.41) is 0. The van der Waals surface area contributed by atoms with E-state index in [1.165, 1.54) is 11.9 Å². The number of amides is 2. The van der Waals surface area contributed by atoms with Gasteiger partial charge < -0.3 is 14.5 Å². The van der Waals surface area contributed by atoms with E-state index < -0.39 is 10.0 Å². The van der Waals surface area contributed by atoms with E-state index >= 15 is 0 Å². The lowest BCUT2D eigenvalue weighted by Gasteiger charge is -2.34. The average molecular weight is 307 g/mol. The molecule has 0 atom stereocenters. The van der Waals surface area contributed by atoms with Crippen LogP contribution in [0.3, 0.4) is 0 Å². The smallest absolute Gasteiger partial charge is 0.409 e. The number of carbonyl (C=O) groups excluding carboxylic acids is 2. The third kappa shape index (κ3) is 4.64. The fourth-order valence-corrected chi connectivity index (χ4v) is 2.11. The van der Waals surface area contributed by atoms with Crippen molar-refractivity contribution in [3.05, 3.63) is 0 Å². The van der Waals surface area contributed by atoms with Crippen LogP contribution in [0.25, 0.3) is 0 Å². The SMILES string of the molecule is CCOC(=O)N1CCN(C(=O)CN(C)S(C)(=O)=O)CC1. The van der Waals surface area contributed by atoms with Gasteiger partial charge in [-0.25, -0.2) is 13.2 Å². The van der Waals surface area contributed by atoms with Crippen molar-refractivity contribution in [1.29, 1.82) is 0 Å². The minimum absolute atomic E-state index is 0.182. The maximum absolute atomic E-state index is 11.9. The van der Waals surface area contributed by atoms with E-state index in [1.807, 2.05) is 0 Å². The molecule has 116 valence electrons. The summed E-state index contributed by atoms with van der Waals surface area (Å²) in [6.45, 7) is 3.43. The summed E-state index contributed by atoms with van der Waals surface area (Å²) in [5.74, 6) is -0.263. The predicted octanol–water partition coefficient (Wildman–Crippen LogP) is -0.821. The third-order valence-electron chi connectivity index (χ3n) is 3.08. The summed E-state index contributed by atoms with van der Waals surface area (Å²) in [4.78, 5) is 26.5. The number of piperazine rings is 1. The van der Waals surface area contributed by atoms with E-state index in [2.05, 4.69) is 0 Å². The molecule has 1 aliphatic heterocycles. The maximum Gasteiger partial charge on any atom is 0.409 e. The Labute approximate surface area is 119 Å². The molecule has 0 aromatic rings. The first kappa shape index (κ1) is 16.7. The minimum atomic E-state index is -3.37. The van der Waals surface area contributed by atoms with Crippen LogP contribution in [0.15, 0.2) is 0 Å². The Morgan fingerprint density at radius 2 is 1.65 bits per heavy atom.